The van der Waals surface area contributed by atoms with Crippen LogP contribution in [0, 0.1) is 0 Å². The number of aromatic amines is 1. The molecule has 0 aromatic carbocycles. The van der Waals surface area contributed by atoms with E-state index in [0.717, 1.165) is 12.3 Å². The van der Waals surface area contributed by atoms with Gasteiger partial charge in [0, 0.05) is 12.3 Å². The maximum atomic E-state index is 11.9. The Hall–Kier alpha value is -0.980. The number of halogens is 1. The van der Waals surface area contributed by atoms with Crippen LogP contribution in [0.3, 0.4) is 0 Å². The van der Waals surface area contributed by atoms with E-state index in [1.807, 2.05) is 0 Å². The lowest BCUT2D eigenvalue weighted by Crippen LogP contribution is -2.24. The molecule has 0 atom stereocenters. The van der Waals surface area contributed by atoms with Crippen molar-refractivity contribution in [1.29, 1.82) is 0 Å². The molecule has 1 rings (SSSR count). The van der Waals surface area contributed by atoms with Gasteiger partial charge >= 0.3 is 29.2 Å². The quantitative estimate of drug-likeness (QED) is 0.327. The van der Waals surface area contributed by atoms with Gasteiger partial charge in [0.15, 0.2) is 0 Å². The molecular formula is C4H8FN2O12P3. The first kappa shape index (κ1) is 21.0. The lowest BCUT2D eigenvalue weighted by atomic mass is 10.7. The van der Waals surface area contributed by atoms with Gasteiger partial charge in [0.25, 0.3) is 5.56 Å². The summed E-state index contributed by atoms with van der Waals surface area (Å²) in [6.07, 6.45) is 0.751. The van der Waals surface area contributed by atoms with Crippen LogP contribution in [0.2, 0.25) is 0 Å². The van der Waals surface area contributed by atoms with Crippen molar-refractivity contribution in [3.63, 3.8) is 0 Å². The van der Waals surface area contributed by atoms with E-state index < -0.39 is 34.7 Å². The van der Waals surface area contributed by atoms with Gasteiger partial charge in [-0.3, -0.25) is 9.78 Å². The average molecular weight is 388 g/mol. The van der Waals surface area contributed by atoms with E-state index in [9.17, 15) is 27.8 Å². The number of nitrogens with zero attached hydrogens (tertiary/aromatic N) is 1. The predicted octanol–water partition coefficient (Wildman–Crippen LogP) is -1.43. The summed E-state index contributed by atoms with van der Waals surface area (Å²) in [5.41, 5.74) is -1.66. The van der Waals surface area contributed by atoms with Gasteiger partial charge in [-0.2, -0.15) is 8.62 Å². The van der Waals surface area contributed by atoms with Crippen LogP contribution >= 0.6 is 23.5 Å². The smallest absolute Gasteiger partial charge is 0.302 e. The van der Waals surface area contributed by atoms with Crippen molar-refractivity contribution in [3.05, 3.63) is 33.1 Å². The molecule has 18 heteroatoms. The first-order chi connectivity index (χ1) is 9.61. The second-order valence-electron chi connectivity index (χ2n) is 3.03. The molecule has 0 amide bonds. The van der Waals surface area contributed by atoms with E-state index in [1.54, 1.807) is 4.98 Å². The van der Waals surface area contributed by atoms with Crippen LogP contribution in [0.25, 0.3) is 0 Å². The number of H-pyrrole nitrogens is 1. The fourth-order valence-electron chi connectivity index (χ4n) is 0.685. The number of nitrogens with one attached hydrogen (secondary N) is 1. The van der Waals surface area contributed by atoms with Crippen molar-refractivity contribution in [3.8, 4) is 0 Å². The Morgan fingerprint density at radius 1 is 1.00 bits per heavy atom. The minimum Gasteiger partial charge on any atom is -0.302 e. The van der Waals surface area contributed by atoms with Crippen molar-refractivity contribution >= 4 is 23.5 Å². The summed E-state index contributed by atoms with van der Waals surface area (Å²) < 4.78 is 48.3. The Labute approximate surface area is 118 Å². The summed E-state index contributed by atoms with van der Waals surface area (Å²) in [5.74, 6) is 0. The third kappa shape index (κ3) is 10.7. The van der Waals surface area contributed by atoms with Crippen LogP contribution in [0.4, 0.5) is 4.48 Å². The van der Waals surface area contributed by atoms with Crippen LogP contribution in [0.1, 0.15) is 0 Å². The van der Waals surface area contributed by atoms with Gasteiger partial charge in [-0.15, -0.1) is 4.79 Å². The Morgan fingerprint density at radius 2 is 1.41 bits per heavy atom. The topological polar surface area (TPSA) is 226 Å². The normalized spacial score (nSPS) is 12.5. The number of rotatable bonds is 4. The first-order valence-corrected chi connectivity index (χ1v) is 9.02. The molecule has 0 radical (unpaired) electrons. The fraction of sp³-hybridized carbons (Fsp3) is 0. The fourth-order valence-corrected chi connectivity index (χ4v) is 3.22. The molecule has 6 N–H and O–H groups in total. The highest BCUT2D eigenvalue weighted by Gasteiger charge is 2.38. The third-order valence-electron chi connectivity index (χ3n) is 1.20. The van der Waals surface area contributed by atoms with Crippen molar-refractivity contribution < 1.29 is 51.3 Å². The minimum atomic E-state index is -5.46. The third-order valence-corrected chi connectivity index (χ3v) is 4.55. The summed E-state index contributed by atoms with van der Waals surface area (Å²) in [7, 11) is -16.2. The van der Waals surface area contributed by atoms with E-state index in [-0.39, 0.29) is 4.79 Å². The van der Waals surface area contributed by atoms with Crippen LogP contribution in [0.5, 0.6) is 0 Å². The largest absolute Gasteiger partial charge is 0.490 e. The lowest BCUT2D eigenvalue weighted by molar-refractivity contribution is 0.204. The van der Waals surface area contributed by atoms with E-state index in [1.165, 1.54) is 0 Å². The van der Waals surface area contributed by atoms with Crippen LogP contribution in [-0.2, 0) is 22.3 Å². The Balaban J connectivity index is 0.000000425. The van der Waals surface area contributed by atoms with Gasteiger partial charge in [-0.25, -0.2) is 18.5 Å². The van der Waals surface area contributed by atoms with E-state index >= 15 is 0 Å². The molecule has 0 aliphatic rings. The number of aromatic nitrogens is 2. The molecule has 0 saturated heterocycles. The summed E-state index contributed by atoms with van der Waals surface area (Å²) in [4.78, 5) is 62.1. The molecule has 0 aliphatic heterocycles. The zero-order valence-corrected chi connectivity index (χ0v) is 12.6. The molecule has 14 nitrogen and oxygen atoms in total. The molecule has 0 fully saturated rings. The maximum Gasteiger partial charge on any atom is 0.490 e. The van der Waals surface area contributed by atoms with E-state index in [0.29, 0.717) is 0 Å². The van der Waals surface area contributed by atoms with Crippen LogP contribution in [-0.4, -0.2) is 34.2 Å². The molecular weight excluding hydrogens is 380 g/mol. The molecule has 1 heterocycles. The van der Waals surface area contributed by atoms with Gasteiger partial charge in [-0.1, -0.05) is 4.48 Å². The molecule has 128 valence electrons. The Morgan fingerprint density at radius 3 is 1.68 bits per heavy atom. The molecule has 0 unspecified atom stereocenters. The SMILES string of the molecule is O=P(O)(O)OP(=O)(O)OP(=O)(O)O.O=c1ccn(F)c(=O)[nH]1. The molecule has 0 bridgehead atoms. The minimum absolute atomic E-state index is 0.207. The number of hydrogen-bond acceptors (Lipinski definition) is 7. The summed E-state index contributed by atoms with van der Waals surface area (Å²) in [6.45, 7) is 0. The molecule has 22 heavy (non-hydrogen) atoms. The summed E-state index contributed by atoms with van der Waals surface area (Å²) in [6, 6.07) is 0.918. The van der Waals surface area contributed by atoms with Crippen LogP contribution in [0.15, 0.2) is 21.9 Å². The van der Waals surface area contributed by atoms with Crippen molar-refractivity contribution in [2.75, 3.05) is 0 Å². The highest BCUT2D eigenvalue weighted by atomic mass is 31.3. The van der Waals surface area contributed by atoms with Gasteiger partial charge in [-0.05, 0) is 0 Å². The van der Waals surface area contributed by atoms with E-state index in [2.05, 4.69) is 8.62 Å². The zero-order valence-electron chi connectivity index (χ0n) is 9.92. The second kappa shape index (κ2) is 7.53. The monoisotopic (exact) mass is 388 g/mol. The number of hydrogen-bond donors (Lipinski definition) is 6. The predicted molar refractivity (Wildman–Crippen MR) is 63.9 cm³/mol. The molecule has 1 aromatic heterocycles. The number of phosphoric acid groups is 3. The molecule has 0 spiro atoms. The molecule has 1 aromatic rings. The van der Waals surface area contributed by atoms with Gasteiger partial charge in [0.1, 0.15) is 0 Å². The molecule has 0 saturated carbocycles. The Kier molecular flexibility index (Phi) is 7.19. The summed E-state index contributed by atoms with van der Waals surface area (Å²) in [5, 5.41) is 0. The van der Waals surface area contributed by atoms with Gasteiger partial charge < -0.3 is 24.5 Å². The standard InChI is InChI=1S/C4H3FN2O2.H5O10P3/c5-7-2-1-3(8)6-4(7)9;1-11(2,3)9-13(7,8)10-12(4,5)6/h1-2H,(H,6,8,9);(H,7,8)(H2,1,2,3)(H2,4,5,6). The first-order valence-electron chi connectivity index (χ1n) is 4.46. The second-order valence-corrected chi connectivity index (χ2v) is 7.24. The lowest BCUT2D eigenvalue weighted by Gasteiger charge is -2.11. The van der Waals surface area contributed by atoms with Crippen LogP contribution < -0.4 is 11.2 Å². The van der Waals surface area contributed by atoms with Gasteiger partial charge in [0.2, 0.25) is 0 Å². The summed E-state index contributed by atoms with van der Waals surface area (Å²) >= 11 is 0. The maximum absolute atomic E-state index is 11.9. The van der Waals surface area contributed by atoms with E-state index in [4.69, 9.17) is 24.5 Å². The average Bonchev–Trinajstić information content (AvgIpc) is 2.17. The Bertz CT molecular complexity index is 728. The van der Waals surface area contributed by atoms with Crippen molar-refractivity contribution in [2.24, 2.45) is 0 Å². The highest BCUT2D eigenvalue weighted by molar-refractivity contribution is 7.66. The van der Waals surface area contributed by atoms with Crippen molar-refractivity contribution in [1.82, 2.24) is 9.77 Å². The highest BCUT2D eigenvalue weighted by Crippen LogP contribution is 2.64. The van der Waals surface area contributed by atoms with Gasteiger partial charge in [0.05, 0.1) is 0 Å². The zero-order chi connectivity index (χ0) is 17.8. The van der Waals surface area contributed by atoms with Crippen molar-refractivity contribution in [2.45, 2.75) is 0 Å². The molecule has 0 aliphatic carbocycles.